The second kappa shape index (κ2) is 7.47. The maximum Gasteiger partial charge on any atom is 0.00613 e. The molecule has 0 saturated heterocycles. The van der Waals surface area contributed by atoms with E-state index in [0.717, 1.165) is 5.92 Å². The molecular weight excluding hydrogens is 398 g/mol. The first-order valence-electron chi connectivity index (χ1n) is 5.73. The number of hydrogen-bond acceptors (Lipinski definition) is 0. The molecule has 1 unspecified atom stereocenters. The first kappa shape index (κ1) is 13.3. The van der Waals surface area contributed by atoms with Gasteiger partial charge in [-0.25, -0.2) is 0 Å². The van der Waals surface area contributed by atoms with Crippen LogP contribution in [0.3, 0.4) is 0 Å². The molecule has 82 valence electrons. The van der Waals surface area contributed by atoms with Crippen LogP contribution >= 0.6 is 45.2 Å². The summed E-state index contributed by atoms with van der Waals surface area (Å²) in [4.78, 5) is 0. The van der Waals surface area contributed by atoms with E-state index in [1.54, 1.807) is 9.15 Å². The Hall–Kier alpha value is 1.20. The van der Waals surface area contributed by atoms with Crippen LogP contribution < -0.4 is 0 Å². The molecule has 0 heterocycles. The van der Waals surface area contributed by atoms with Gasteiger partial charge in [-0.1, -0.05) is 47.9 Å². The molecule has 0 N–H and O–H groups in total. The summed E-state index contributed by atoms with van der Waals surface area (Å²) in [7, 11) is 0. The molecule has 0 aliphatic heterocycles. The number of halogens is 2. The van der Waals surface area contributed by atoms with Gasteiger partial charge in [-0.05, 0) is 64.2 Å². The Morgan fingerprint density at radius 1 is 1.43 bits per heavy atom. The summed E-state index contributed by atoms with van der Waals surface area (Å²) in [5.74, 6) is 0.910. The van der Waals surface area contributed by atoms with Crippen LogP contribution in [-0.2, 0) is 0 Å². The van der Waals surface area contributed by atoms with Crippen LogP contribution in [0, 0.1) is 5.92 Å². The Balaban J connectivity index is 2.59. The summed E-state index contributed by atoms with van der Waals surface area (Å²) in [5.41, 5.74) is 1.81. The molecule has 0 aromatic rings. The van der Waals surface area contributed by atoms with Crippen LogP contribution in [0.1, 0.15) is 51.9 Å². The van der Waals surface area contributed by atoms with Crippen LogP contribution in [0.25, 0.3) is 0 Å². The fourth-order valence-electron chi connectivity index (χ4n) is 2.10. The summed E-state index contributed by atoms with van der Waals surface area (Å²) in [5, 5.41) is 0. The second-order valence-corrected chi connectivity index (χ2v) is 6.31. The van der Waals surface area contributed by atoms with Gasteiger partial charge < -0.3 is 0 Å². The predicted molar refractivity (Wildman–Crippen MR) is 81.4 cm³/mol. The Morgan fingerprint density at radius 3 is 2.86 bits per heavy atom. The first-order valence-corrected chi connectivity index (χ1v) is 8.33. The third-order valence-electron chi connectivity index (χ3n) is 3.03. The number of rotatable bonds is 4. The van der Waals surface area contributed by atoms with Crippen LogP contribution in [0.2, 0.25) is 0 Å². The molecule has 2 heteroatoms. The van der Waals surface area contributed by atoms with Crippen molar-refractivity contribution in [2.45, 2.75) is 51.9 Å². The van der Waals surface area contributed by atoms with Gasteiger partial charge in [-0.3, -0.25) is 0 Å². The van der Waals surface area contributed by atoms with Crippen molar-refractivity contribution >= 4 is 45.2 Å². The van der Waals surface area contributed by atoms with E-state index in [9.17, 15) is 0 Å². The Morgan fingerprint density at radius 2 is 2.21 bits per heavy atom. The van der Waals surface area contributed by atoms with Crippen molar-refractivity contribution in [3.8, 4) is 0 Å². The second-order valence-electron chi connectivity index (χ2n) is 4.13. The molecule has 1 atom stereocenters. The smallest absolute Gasteiger partial charge is 0.00613 e. The van der Waals surface area contributed by atoms with Gasteiger partial charge in [-0.2, -0.15) is 0 Å². The Bertz CT molecular complexity index is 196. The van der Waals surface area contributed by atoms with Crippen LogP contribution in [0.15, 0.2) is 9.15 Å². The molecule has 1 rings (SSSR count). The highest BCUT2D eigenvalue weighted by atomic mass is 127. The van der Waals surface area contributed by atoms with Gasteiger partial charge in [0.05, 0.1) is 0 Å². The molecule has 0 nitrogen and oxygen atoms in total. The molecule has 1 saturated carbocycles. The largest absolute Gasteiger partial charge is 0.0857 e. The van der Waals surface area contributed by atoms with Crippen molar-refractivity contribution in [1.29, 1.82) is 0 Å². The van der Waals surface area contributed by atoms with Crippen molar-refractivity contribution in [3.63, 3.8) is 0 Å². The highest BCUT2D eigenvalue weighted by molar-refractivity contribution is 14.1. The summed E-state index contributed by atoms with van der Waals surface area (Å²) < 4.78 is 3.01. The summed E-state index contributed by atoms with van der Waals surface area (Å²) in [6.07, 6.45) is 9.74. The molecule has 0 aromatic carbocycles. The minimum absolute atomic E-state index is 0.910. The standard InChI is InChI=1S/C12H20I2/c1-2-3-8-12(14)11-7-5-4-6-10(11)9-13/h10H,2-9H2,1H3. The molecule has 0 spiro atoms. The zero-order valence-electron chi connectivity index (χ0n) is 8.99. The molecule has 1 aliphatic rings. The van der Waals surface area contributed by atoms with Crippen LogP contribution in [0.4, 0.5) is 0 Å². The van der Waals surface area contributed by atoms with Crippen molar-refractivity contribution in [1.82, 2.24) is 0 Å². The number of hydrogen-bond donors (Lipinski definition) is 0. The van der Waals surface area contributed by atoms with Gasteiger partial charge in [0.1, 0.15) is 0 Å². The SMILES string of the molecule is CCCCC(I)=C1CCCCC1CI. The minimum Gasteiger partial charge on any atom is -0.0857 e. The van der Waals surface area contributed by atoms with Crippen molar-refractivity contribution in [2.75, 3.05) is 4.43 Å². The average Bonchev–Trinajstić information content (AvgIpc) is 2.25. The molecule has 1 fully saturated rings. The quantitative estimate of drug-likeness (QED) is 0.419. The average molecular weight is 418 g/mol. The fraction of sp³-hybridized carbons (Fsp3) is 0.833. The van der Waals surface area contributed by atoms with Gasteiger partial charge in [0, 0.05) is 4.43 Å². The molecule has 1 aliphatic carbocycles. The predicted octanol–water partition coefficient (Wildman–Crippen LogP) is 5.49. The zero-order chi connectivity index (χ0) is 10.4. The van der Waals surface area contributed by atoms with Gasteiger partial charge >= 0.3 is 0 Å². The van der Waals surface area contributed by atoms with E-state index in [1.165, 1.54) is 49.4 Å². The van der Waals surface area contributed by atoms with Gasteiger partial charge in [0.15, 0.2) is 0 Å². The minimum atomic E-state index is 0.910. The van der Waals surface area contributed by atoms with E-state index in [4.69, 9.17) is 0 Å². The third-order valence-corrected chi connectivity index (χ3v) is 5.32. The summed E-state index contributed by atoms with van der Waals surface area (Å²) in [6.45, 7) is 2.28. The monoisotopic (exact) mass is 418 g/mol. The van der Waals surface area contributed by atoms with E-state index < -0.39 is 0 Å². The van der Waals surface area contributed by atoms with E-state index in [1.807, 2.05) is 0 Å². The van der Waals surface area contributed by atoms with Gasteiger partial charge in [0.2, 0.25) is 0 Å². The molecule has 0 bridgehead atoms. The summed E-state index contributed by atoms with van der Waals surface area (Å²) >= 11 is 5.15. The maximum atomic E-state index is 2.60. The molecule has 0 radical (unpaired) electrons. The Labute approximate surface area is 116 Å². The van der Waals surface area contributed by atoms with Gasteiger partial charge in [-0.15, -0.1) is 0 Å². The number of alkyl halides is 1. The maximum absolute atomic E-state index is 2.60. The zero-order valence-corrected chi connectivity index (χ0v) is 13.3. The van der Waals surface area contributed by atoms with E-state index in [2.05, 4.69) is 52.1 Å². The van der Waals surface area contributed by atoms with Gasteiger partial charge in [0.25, 0.3) is 0 Å². The van der Waals surface area contributed by atoms with Crippen molar-refractivity contribution in [2.24, 2.45) is 5.92 Å². The van der Waals surface area contributed by atoms with E-state index in [-0.39, 0.29) is 0 Å². The number of allylic oxidation sites excluding steroid dienone is 2. The third kappa shape index (κ3) is 3.99. The first-order chi connectivity index (χ1) is 6.79. The van der Waals surface area contributed by atoms with Crippen molar-refractivity contribution < 1.29 is 0 Å². The molecule has 14 heavy (non-hydrogen) atoms. The molecular formula is C12H20I2. The lowest BCUT2D eigenvalue weighted by Gasteiger charge is -2.25. The van der Waals surface area contributed by atoms with E-state index >= 15 is 0 Å². The van der Waals surface area contributed by atoms with Crippen LogP contribution in [-0.4, -0.2) is 4.43 Å². The summed E-state index contributed by atoms with van der Waals surface area (Å²) in [6, 6.07) is 0. The lowest BCUT2D eigenvalue weighted by atomic mass is 9.85. The topological polar surface area (TPSA) is 0 Å². The van der Waals surface area contributed by atoms with Crippen LogP contribution in [0.5, 0.6) is 0 Å². The fourth-order valence-corrected chi connectivity index (χ4v) is 4.17. The van der Waals surface area contributed by atoms with E-state index in [0.29, 0.717) is 0 Å². The molecule has 0 aromatic heterocycles. The van der Waals surface area contributed by atoms with Crippen molar-refractivity contribution in [3.05, 3.63) is 9.15 Å². The lowest BCUT2D eigenvalue weighted by Crippen LogP contribution is -2.12. The molecule has 0 amide bonds. The normalized spacial score (nSPS) is 26.4. The highest BCUT2D eigenvalue weighted by Gasteiger charge is 2.19. The number of unbranched alkanes of at least 4 members (excludes halogenated alkanes) is 1. The Kier molecular flexibility index (Phi) is 7.08. The lowest BCUT2D eigenvalue weighted by molar-refractivity contribution is 0.490. The highest BCUT2D eigenvalue weighted by Crippen LogP contribution is 2.36.